The van der Waals surface area contributed by atoms with Crippen LogP contribution in [0.2, 0.25) is 0 Å². The van der Waals surface area contributed by atoms with Crippen molar-refractivity contribution in [3.63, 3.8) is 0 Å². The van der Waals surface area contributed by atoms with Crippen molar-refractivity contribution in [2.45, 2.75) is 18.4 Å². The van der Waals surface area contributed by atoms with E-state index in [-0.39, 0.29) is 5.03 Å². The van der Waals surface area contributed by atoms with E-state index in [1.807, 2.05) is 6.92 Å². The first-order valence-corrected chi connectivity index (χ1v) is 6.38. The van der Waals surface area contributed by atoms with Crippen LogP contribution in [0.4, 0.5) is 0 Å². The van der Waals surface area contributed by atoms with Gasteiger partial charge in [0.2, 0.25) is 0 Å². The molecule has 78 valence electrons. The summed E-state index contributed by atoms with van der Waals surface area (Å²) in [7, 11) is 1.35. The summed E-state index contributed by atoms with van der Waals surface area (Å²) in [5, 5.41) is -0.164. The number of aromatic nitrogens is 1. The Bertz CT molecular complexity index is 388. The van der Waals surface area contributed by atoms with Crippen LogP contribution in [0.3, 0.4) is 0 Å². The number of hydrogen-bond donors (Lipinski definition) is 0. The Labute approximate surface area is 87.3 Å². The van der Waals surface area contributed by atoms with Gasteiger partial charge in [-0.25, -0.2) is 13.4 Å². The van der Waals surface area contributed by atoms with Crippen molar-refractivity contribution in [2.24, 2.45) is 0 Å². The molecule has 1 aromatic heterocycles. The fourth-order valence-corrected chi connectivity index (χ4v) is 1.50. The van der Waals surface area contributed by atoms with Crippen molar-refractivity contribution in [3.05, 3.63) is 18.3 Å². The summed E-state index contributed by atoms with van der Waals surface area (Å²) < 4.78 is 26.9. The molecule has 0 fully saturated rings. The van der Waals surface area contributed by atoms with Crippen molar-refractivity contribution >= 4 is 19.7 Å². The molecule has 0 amide bonds. The minimum absolute atomic E-state index is 0.164. The van der Waals surface area contributed by atoms with Crippen LogP contribution in [0.1, 0.15) is 13.3 Å². The summed E-state index contributed by atoms with van der Waals surface area (Å²) in [5.41, 5.74) is 0. The number of nitrogens with zero attached hydrogens (tertiary/aromatic N) is 1. The van der Waals surface area contributed by atoms with Crippen molar-refractivity contribution in [1.82, 2.24) is 4.98 Å². The molecule has 1 rings (SSSR count). The molecular formula is C8H10ClNO3S. The Hall–Kier alpha value is -0.810. The van der Waals surface area contributed by atoms with Crippen LogP contribution in [0.15, 0.2) is 23.4 Å². The highest BCUT2D eigenvalue weighted by Gasteiger charge is 2.10. The second-order valence-corrected chi connectivity index (χ2v) is 5.13. The first-order valence-electron chi connectivity index (χ1n) is 4.07. The fraction of sp³-hybridized carbons (Fsp3) is 0.375. The average Bonchev–Trinajstić information content (AvgIpc) is 2.14. The maximum atomic E-state index is 10.8. The second-order valence-electron chi connectivity index (χ2n) is 2.62. The molecule has 0 aromatic carbocycles. The zero-order valence-electron chi connectivity index (χ0n) is 7.60. The number of rotatable bonds is 4. The number of hydrogen-bond acceptors (Lipinski definition) is 4. The van der Waals surface area contributed by atoms with E-state index in [1.165, 1.54) is 18.3 Å². The Balaban J connectivity index is 2.79. The predicted octanol–water partition coefficient (Wildman–Crippen LogP) is 1.80. The summed E-state index contributed by atoms with van der Waals surface area (Å²) in [5.74, 6) is 0.538. The van der Waals surface area contributed by atoms with E-state index in [4.69, 9.17) is 15.4 Å². The van der Waals surface area contributed by atoms with Crippen LogP contribution in [0.25, 0.3) is 0 Å². The van der Waals surface area contributed by atoms with Gasteiger partial charge in [-0.1, -0.05) is 6.92 Å². The van der Waals surface area contributed by atoms with Crippen LogP contribution in [-0.2, 0) is 9.05 Å². The molecule has 0 saturated carbocycles. The quantitative estimate of drug-likeness (QED) is 0.747. The van der Waals surface area contributed by atoms with E-state index >= 15 is 0 Å². The maximum absolute atomic E-state index is 10.8. The first-order chi connectivity index (χ1) is 6.54. The van der Waals surface area contributed by atoms with Crippen LogP contribution in [-0.4, -0.2) is 20.0 Å². The monoisotopic (exact) mass is 235 g/mol. The molecule has 0 saturated heterocycles. The van der Waals surface area contributed by atoms with Crippen molar-refractivity contribution in [1.29, 1.82) is 0 Å². The minimum Gasteiger partial charge on any atom is -0.492 e. The van der Waals surface area contributed by atoms with Gasteiger partial charge in [-0.2, -0.15) is 0 Å². The van der Waals surface area contributed by atoms with E-state index in [0.717, 1.165) is 6.42 Å². The van der Waals surface area contributed by atoms with Gasteiger partial charge in [0.25, 0.3) is 9.05 Å². The van der Waals surface area contributed by atoms with Crippen LogP contribution < -0.4 is 4.74 Å². The lowest BCUT2D eigenvalue weighted by atomic mass is 10.4. The normalized spacial score (nSPS) is 11.3. The lowest BCUT2D eigenvalue weighted by molar-refractivity contribution is 0.315. The maximum Gasteiger partial charge on any atom is 0.278 e. The third kappa shape index (κ3) is 3.16. The molecule has 1 aromatic rings. The topological polar surface area (TPSA) is 56.3 Å². The highest BCUT2D eigenvalue weighted by molar-refractivity contribution is 8.13. The standard InChI is InChI=1S/C8H10ClNO3S/c1-2-5-13-7-3-4-8(10-6-7)14(9,11)12/h3-4,6H,2,5H2,1H3. The van der Waals surface area contributed by atoms with E-state index in [0.29, 0.717) is 12.4 Å². The molecule has 0 spiro atoms. The molecule has 6 heteroatoms. The molecule has 0 atom stereocenters. The zero-order chi connectivity index (χ0) is 10.6. The van der Waals surface area contributed by atoms with Gasteiger partial charge in [0.05, 0.1) is 12.8 Å². The van der Waals surface area contributed by atoms with Gasteiger partial charge in [-0.15, -0.1) is 0 Å². The van der Waals surface area contributed by atoms with Crippen molar-refractivity contribution in [2.75, 3.05) is 6.61 Å². The van der Waals surface area contributed by atoms with Gasteiger partial charge in [0, 0.05) is 10.7 Å². The van der Waals surface area contributed by atoms with Crippen molar-refractivity contribution < 1.29 is 13.2 Å². The lowest BCUT2D eigenvalue weighted by Gasteiger charge is -2.03. The van der Waals surface area contributed by atoms with E-state index in [1.54, 1.807) is 0 Å². The lowest BCUT2D eigenvalue weighted by Crippen LogP contribution is -1.98. The molecule has 0 unspecified atom stereocenters. The van der Waals surface area contributed by atoms with Crippen LogP contribution in [0.5, 0.6) is 5.75 Å². The highest BCUT2D eigenvalue weighted by atomic mass is 35.7. The van der Waals surface area contributed by atoms with E-state index in [9.17, 15) is 8.42 Å². The molecule has 0 aliphatic heterocycles. The molecular weight excluding hydrogens is 226 g/mol. The SMILES string of the molecule is CCCOc1ccc(S(=O)(=O)Cl)nc1. The van der Waals surface area contributed by atoms with E-state index < -0.39 is 9.05 Å². The summed E-state index contributed by atoms with van der Waals surface area (Å²) in [6.45, 7) is 2.56. The summed E-state index contributed by atoms with van der Waals surface area (Å²) in [4.78, 5) is 3.66. The Morgan fingerprint density at radius 1 is 1.50 bits per heavy atom. The first kappa shape index (κ1) is 11.3. The molecule has 0 aliphatic rings. The minimum atomic E-state index is -3.73. The summed E-state index contributed by atoms with van der Waals surface area (Å²) in [6, 6.07) is 2.84. The number of halogens is 1. The summed E-state index contributed by atoms with van der Waals surface area (Å²) in [6.07, 6.45) is 2.22. The van der Waals surface area contributed by atoms with Gasteiger partial charge in [-0.3, -0.25) is 0 Å². The summed E-state index contributed by atoms with van der Waals surface area (Å²) >= 11 is 0. The van der Waals surface area contributed by atoms with Crippen molar-refractivity contribution in [3.8, 4) is 5.75 Å². The largest absolute Gasteiger partial charge is 0.492 e. The smallest absolute Gasteiger partial charge is 0.278 e. The fourth-order valence-electron chi connectivity index (χ4n) is 0.816. The van der Waals surface area contributed by atoms with Gasteiger partial charge >= 0.3 is 0 Å². The molecule has 0 radical (unpaired) electrons. The predicted molar refractivity (Wildman–Crippen MR) is 53.1 cm³/mol. The zero-order valence-corrected chi connectivity index (χ0v) is 9.18. The Morgan fingerprint density at radius 2 is 2.21 bits per heavy atom. The van der Waals surface area contributed by atoms with Crippen LogP contribution in [0, 0.1) is 0 Å². The molecule has 1 heterocycles. The number of pyridine rings is 1. The van der Waals surface area contributed by atoms with E-state index in [2.05, 4.69) is 4.98 Å². The number of ether oxygens (including phenoxy) is 1. The van der Waals surface area contributed by atoms with Gasteiger partial charge in [0.15, 0.2) is 5.03 Å². The van der Waals surface area contributed by atoms with Gasteiger partial charge in [0.1, 0.15) is 5.75 Å². The third-order valence-electron chi connectivity index (χ3n) is 1.43. The molecule has 4 nitrogen and oxygen atoms in total. The Kier molecular flexibility index (Phi) is 3.71. The second kappa shape index (κ2) is 4.61. The highest BCUT2D eigenvalue weighted by Crippen LogP contribution is 2.15. The Morgan fingerprint density at radius 3 is 2.64 bits per heavy atom. The molecule has 0 aliphatic carbocycles. The average molecular weight is 236 g/mol. The molecule has 14 heavy (non-hydrogen) atoms. The van der Waals surface area contributed by atoms with Gasteiger partial charge in [-0.05, 0) is 18.6 Å². The van der Waals surface area contributed by atoms with Crippen LogP contribution >= 0.6 is 10.7 Å². The third-order valence-corrected chi connectivity index (χ3v) is 2.65. The van der Waals surface area contributed by atoms with Gasteiger partial charge < -0.3 is 4.74 Å². The molecule has 0 bridgehead atoms. The molecule has 0 N–H and O–H groups in total.